The Labute approximate surface area is 203 Å². The van der Waals surface area contributed by atoms with E-state index in [1.54, 1.807) is 19.1 Å². The number of hydrogen-bond acceptors (Lipinski definition) is 5. The first-order chi connectivity index (χ1) is 14.3. The van der Waals surface area contributed by atoms with Gasteiger partial charge in [0, 0.05) is 51.9 Å². The number of nitrogens with one attached hydrogen (secondary N) is 2. The minimum Gasteiger partial charge on any atom is -0.496 e. The fourth-order valence-corrected chi connectivity index (χ4v) is 3.24. The molecule has 0 aliphatic carbocycles. The van der Waals surface area contributed by atoms with E-state index in [1.165, 1.54) is 0 Å². The zero-order valence-corrected chi connectivity index (χ0v) is 21.8. The highest BCUT2D eigenvalue weighted by Crippen LogP contribution is 2.16. The summed E-state index contributed by atoms with van der Waals surface area (Å²) >= 11 is 0. The van der Waals surface area contributed by atoms with Crippen molar-refractivity contribution in [2.24, 2.45) is 4.99 Å². The van der Waals surface area contributed by atoms with Gasteiger partial charge in [0.2, 0.25) is 0 Å². The molecule has 0 spiro atoms. The minimum absolute atomic E-state index is 0. The monoisotopic (exact) mass is 547 g/mol. The molecule has 31 heavy (non-hydrogen) atoms. The summed E-state index contributed by atoms with van der Waals surface area (Å²) in [6.07, 6.45) is 0.788. The molecule has 1 heterocycles. The Hall–Kier alpha value is -1.75. The average Bonchev–Trinajstić information content (AvgIpc) is 2.72. The van der Waals surface area contributed by atoms with E-state index < -0.39 is 5.60 Å². The van der Waals surface area contributed by atoms with Crippen molar-refractivity contribution in [3.05, 3.63) is 29.8 Å². The summed E-state index contributed by atoms with van der Waals surface area (Å²) < 4.78 is 10.8. The van der Waals surface area contributed by atoms with Crippen molar-refractivity contribution >= 4 is 36.0 Å². The van der Waals surface area contributed by atoms with E-state index >= 15 is 0 Å². The van der Waals surface area contributed by atoms with Gasteiger partial charge in [-0.1, -0.05) is 18.2 Å². The fraction of sp³-hybridized carbons (Fsp3) is 0.636. The van der Waals surface area contributed by atoms with Crippen LogP contribution in [0.15, 0.2) is 29.3 Å². The van der Waals surface area contributed by atoms with Crippen LogP contribution in [0.5, 0.6) is 5.75 Å². The largest absolute Gasteiger partial charge is 0.496 e. The van der Waals surface area contributed by atoms with Crippen LogP contribution in [0, 0.1) is 0 Å². The highest BCUT2D eigenvalue weighted by molar-refractivity contribution is 14.0. The molecule has 1 aliphatic heterocycles. The Morgan fingerprint density at radius 3 is 2.42 bits per heavy atom. The lowest BCUT2D eigenvalue weighted by atomic mass is 10.2. The zero-order chi connectivity index (χ0) is 22.0. The third-order valence-electron chi connectivity index (χ3n) is 4.83. The van der Waals surface area contributed by atoms with Gasteiger partial charge in [-0.25, -0.2) is 4.79 Å². The summed E-state index contributed by atoms with van der Waals surface area (Å²) in [4.78, 5) is 20.6. The van der Waals surface area contributed by atoms with Crippen molar-refractivity contribution in [3.8, 4) is 5.75 Å². The van der Waals surface area contributed by atoms with Gasteiger partial charge in [-0.15, -0.1) is 24.0 Å². The number of piperazine rings is 1. The van der Waals surface area contributed by atoms with E-state index in [1.807, 2.05) is 45.0 Å². The average molecular weight is 547 g/mol. The number of carbonyl (C=O) groups is 1. The number of amides is 1. The van der Waals surface area contributed by atoms with Gasteiger partial charge in [-0.2, -0.15) is 0 Å². The predicted molar refractivity (Wildman–Crippen MR) is 135 cm³/mol. The maximum atomic E-state index is 12.1. The quantitative estimate of drug-likeness (QED) is 0.237. The number of aliphatic imine (C=N–C) groups is 1. The minimum atomic E-state index is -0.446. The molecule has 1 saturated heterocycles. The third-order valence-corrected chi connectivity index (χ3v) is 4.83. The molecular formula is C22H38IN5O3. The van der Waals surface area contributed by atoms with Gasteiger partial charge in [0.1, 0.15) is 11.4 Å². The summed E-state index contributed by atoms with van der Waals surface area (Å²) in [6, 6.07) is 7.95. The molecule has 0 aromatic heterocycles. The van der Waals surface area contributed by atoms with Gasteiger partial charge >= 0.3 is 6.09 Å². The molecule has 9 heteroatoms. The highest BCUT2D eigenvalue weighted by Gasteiger charge is 2.25. The Morgan fingerprint density at radius 2 is 1.81 bits per heavy atom. The van der Waals surface area contributed by atoms with Crippen LogP contribution in [0.25, 0.3) is 0 Å². The van der Waals surface area contributed by atoms with E-state index in [2.05, 4.69) is 20.5 Å². The molecule has 0 atom stereocenters. The van der Waals surface area contributed by atoms with Crippen LogP contribution < -0.4 is 15.4 Å². The van der Waals surface area contributed by atoms with E-state index in [-0.39, 0.29) is 30.1 Å². The van der Waals surface area contributed by atoms with E-state index in [0.717, 1.165) is 49.9 Å². The van der Waals surface area contributed by atoms with Crippen LogP contribution in [0.1, 0.15) is 32.8 Å². The van der Waals surface area contributed by atoms with Crippen LogP contribution in [-0.2, 0) is 11.3 Å². The lowest BCUT2D eigenvalue weighted by Crippen LogP contribution is -2.50. The topological polar surface area (TPSA) is 78.4 Å². The highest BCUT2D eigenvalue weighted by atomic mass is 127. The second-order valence-electron chi connectivity index (χ2n) is 8.33. The predicted octanol–water partition coefficient (Wildman–Crippen LogP) is 2.92. The second-order valence-corrected chi connectivity index (χ2v) is 8.33. The molecule has 1 amide bonds. The Kier molecular flexibility index (Phi) is 12.0. The molecule has 0 saturated carbocycles. The summed E-state index contributed by atoms with van der Waals surface area (Å²) in [5, 5.41) is 6.68. The summed E-state index contributed by atoms with van der Waals surface area (Å²) in [5.74, 6) is 1.64. The molecule has 8 nitrogen and oxygen atoms in total. The number of methoxy groups -OCH3 is 1. The first-order valence-corrected chi connectivity index (χ1v) is 10.6. The van der Waals surface area contributed by atoms with Gasteiger partial charge in [-0.05, 0) is 39.8 Å². The molecule has 1 aliphatic rings. The van der Waals surface area contributed by atoms with Crippen LogP contribution in [-0.4, -0.2) is 80.9 Å². The number of nitrogens with zero attached hydrogens (tertiary/aromatic N) is 3. The number of rotatable bonds is 7. The summed E-state index contributed by atoms with van der Waals surface area (Å²) in [5.41, 5.74) is 0.642. The van der Waals surface area contributed by atoms with Crippen LogP contribution in [0.4, 0.5) is 4.79 Å². The van der Waals surface area contributed by atoms with E-state index in [0.29, 0.717) is 19.6 Å². The molecule has 2 rings (SSSR count). The molecule has 0 radical (unpaired) electrons. The van der Waals surface area contributed by atoms with E-state index in [4.69, 9.17) is 9.47 Å². The van der Waals surface area contributed by atoms with Crippen molar-refractivity contribution in [3.63, 3.8) is 0 Å². The molecule has 2 N–H and O–H groups in total. The number of hydrogen-bond donors (Lipinski definition) is 2. The molecule has 0 unspecified atom stereocenters. The molecule has 1 aromatic carbocycles. The standard InChI is InChI=1S/C22H37N5O3.HI/c1-22(2,3)30-21(28)27-15-13-26(14-16-27)12-8-11-24-20(23-4)25-17-18-9-6-7-10-19(18)29-5;/h6-7,9-10H,8,11-17H2,1-5H3,(H2,23,24,25);1H. The van der Waals surface area contributed by atoms with Crippen LogP contribution >= 0.6 is 24.0 Å². The number of ether oxygens (including phenoxy) is 2. The number of para-hydroxylation sites is 1. The Balaban J connectivity index is 0.00000480. The van der Waals surface area contributed by atoms with Gasteiger partial charge < -0.3 is 25.0 Å². The summed E-state index contributed by atoms with van der Waals surface area (Å²) in [7, 11) is 3.45. The maximum Gasteiger partial charge on any atom is 0.410 e. The van der Waals surface area contributed by atoms with Crippen LogP contribution in [0.3, 0.4) is 0 Å². The van der Waals surface area contributed by atoms with Crippen LogP contribution in [0.2, 0.25) is 0 Å². The molecule has 176 valence electrons. The SMILES string of the molecule is CN=C(NCCCN1CCN(C(=O)OC(C)(C)C)CC1)NCc1ccccc1OC.I. The smallest absolute Gasteiger partial charge is 0.410 e. The third kappa shape index (κ3) is 9.94. The molecule has 0 bridgehead atoms. The molecular weight excluding hydrogens is 509 g/mol. The number of benzene rings is 1. The molecule has 1 aromatic rings. The van der Waals surface area contributed by atoms with Gasteiger partial charge in [0.25, 0.3) is 0 Å². The van der Waals surface area contributed by atoms with Gasteiger partial charge in [0.05, 0.1) is 7.11 Å². The maximum absolute atomic E-state index is 12.1. The van der Waals surface area contributed by atoms with Crippen molar-refractivity contribution < 1.29 is 14.3 Å². The second kappa shape index (κ2) is 13.6. The van der Waals surface area contributed by atoms with Gasteiger partial charge in [0.15, 0.2) is 5.96 Å². The fourth-order valence-electron chi connectivity index (χ4n) is 3.24. The first kappa shape index (κ1) is 27.3. The zero-order valence-electron chi connectivity index (χ0n) is 19.4. The first-order valence-electron chi connectivity index (χ1n) is 10.6. The van der Waals surface area contributed by atoms with Crippen molar-refractivity contribution in [1.82, 2.24) is 20.4 Å². The van der Waals surface area contributed by atoms with E-state index in [9.17, 15) is 4.79 Å². The number of carbonyl (C=O) groups excluding carboxylic acids is 1. The van der Waals surface area contributed by atoms with Crippen molar-refractivity contribution in [1.29, 1.82) is 0 Å². The Morgan fingerprint density at radius 1 is 1.13 bits per heavy atom. The van der Waals surface area contributed by atoms with Gasteiger partial charge in [-0.3, -0.25) is 9.89 Å². The number of guanidine groups is 1. The Bertz CT molecular complexity index is 701. The lowest BCUT2D eigenvalue weighted by Gasteiger charge is -2.35. The lowest BCUT2D eigenvalue weighted by molar-refractivity contribution is 0.0145. The molecule has 1 fully saturated rings. The van der Waals surface area contributed by atoms with Crippen molar-refractivity contribution in [2.45, 2.75) is 39.3 Å². The normalized spacial score (nSPS) is 15.1. The number of halogens is 1. The van der Waals surface area contributed by atoms with Crippen molar-refractivity contribution in [2.75, 3.05) is 53.4 Å². The summed E-state index contributed by atoms with van der Waals surface area (Å²) in [6.45, 7) is 11.3.